The molecule has 0 fully saturated rings. The fourth-order valence-electron chi connectivity index (χ4n) is 0.592. The number of halogens is 1. The quantitative estimate of drug-likeness (QED) is 0.525. The molecule has 0 aliphatic heterocycles. The van der Waals surface area contributed by atoms with E-state index in [2.05, 4.69) is 22.4 Å². The van der Waals surface area contributed by atoms with Gasteiger partial charge in [0, 0.05) is 6.92 Å². The first-order valence-electron chi connectivity index (χ1n) is 3.39. The highest BCUT2D eigenvalue weighted by Crippen LogP contribution is 2.22. The normalized spacial score (nSPS) is 7.15. The summed E-state index contributed by atoms with van der Waals surface area (Å²) < 4.78 is 0. The summed E-state index contributed by atoms with van der Waals surface area (Å²) in [4.78, 5) is 3.74. The van der Waals surface area contributed by atoms with E-state index in [1.165, 1.54) is 6.92 Å². The third kappa shape index (κ3) is 5.10. The highest BCUT2D eigenvalue weighted by atomic mass is 35.5. The molecule has 1 aromatic carbocycles. The third-order valence-corrected chi connectivity index (χ3v) is 1.43. The zero-order valence-electron chi connectivity index (χ0n) is 6.99. The second kappa shape index (κ2) is 7.45. The lowest BCUT2D eigenvalue weighted by molar-refractivity contribution is 1.49. The van der Waals surface area contributed by atoms with Crippen LogP contribution in [0.3, 0.4) is 0 Å². The van der Waals surface area contributed by atoms with E-state index in [1.807, 2.05) is 12.1 Å². The van der Waals surface area contributed by atoms with Gasteiger partial charge in [-0.1, -0.05) is 23.7 Å². The van der Waals surface area contributed by atoms with Crippen LogP contribution >= 0.6 is 23.8 Å². The molecule has 0 aliphatic rings. The molecule has 0 unspecified atom stereocenters. The van der Waals surface area contributed by atoms with Gasteiger partial charge in [0.1, 0.15) is 0 Å². The molecule has 2 nitrogen and oxygen atoms in total. The maximum Gasteiger partial charge on any atom is 0.0925 e. The van der Waals surface area contributed by atoms with Gasteiger partial charge in [-0.05, 0) is 24.4 Å². The summed E-state index contributed by atoms with van der Waals surface area (Å²) in [6.07, 6.45) is 0. The molecule has 0 atom stereocenters. The number of benzene rings is 1. The fraction of sp³-hybridized carbons (Fsp3) is 0.111. The minimum Gasteiger partial charge on any atom is -0.199 e. The van der Waals surface area contributed by atoms with Crippen molar-refractivity contribution in [3.8, 4) is 6.07 Å². The van der Waals surface area contributed by atoms with E-state index < -0.39 is 0 Å². The Morgan fingerprint density at radius 2 is 2.00 bits per heavy atom. The van der Waals surface area contributed by atoms with Gasteiger partial charge in [-0.25, -0.2) is 0 Å². The lowest BCUT2D eigenvalue weighted by Gasteiger charge is -1.91. The number of hydrogen-bond acceptors (Lipinski definition) is 3. The Morgan fingerprint density at radius 1 is 1.46 bits per heavy atom. The Balaban J connectivity index is 0.000000424. The van der Waals surface area contributed by atoms with Crippen LogP contribution in [-0.2, 0) is 0 Å². The Hall–Kier alpha value is -1.20. The largest absolute Gasteiger partial charge is 0.199 e. The van der Waals surface area contributed by atoms with Crippen molar-refractivity contribution in [2.45, 2.75) is 6.92 Å². The Morgan fingerprint density at radius 3 is 2.46 bits per heavy atom. The molecule has 1 aromatic rings. The molecule has 0 saturated carbocycles. The topological polar surface area (TPSA) is 36.1 Å². The van der Waals surface area contributed by atoms with Crippen molar-refractivity contribution in [1.29, 1.82) is 5.26 Å². The van der Waals surface area contributed by atoms with Gasteiger partial charge in [0.25, 0.3) is 0 Å². The summed E-state index contributed by atoms with van der Waals surface area (Å²) in [6, 6.07) is 8.97. The predicted molar refractivity (Wildman–Crippen MR) is 57.4 cm³/mol. The fourth-order valence-corrected chi connectivity index (χ4v) is 0.868. The molecule has 66 valence electrons. The Kier molecular flexibility index (Phi) is 6.76. The average Bonchev–Trinajstić information content (AvgIpc) is 2.11. The molecular weight excluding hydrogens is 204 g/mol. The SMILES string of the molecule is CC#N.S=C=Nc1ccccc1Cl. The van der Waals surface area contributed by atoms with Crippen LogP contribution in [0.5, 0.6) is 0 Å². The minimum atomic E-state index is 0.597. The zero-order valence-corrected chi connectivity index (χ0v) is 8.56. The van der Waals surface area contributed by atoms with E-state index in [-0.39, 0.29) is 0 Å². The van der Waals surface area contributed by atoms with E-state index in [0.717, 1.165) is 0 Å². The van der Waals surface area contributed by atoms with Gasteiger partial charge in [-0.3, -0.25) is 0 Å². The average molecular weight is 211 g/mol. The number of nitriles is 1. The van der Waals surface area contributed by atoms with Gasteiger partial charge >= 0.3 is 0 Å². The number of aliphatic imine (C=N–C) groups is 1. The molecule has 1 rings (SSSR count). The van der Waals surface area contributed by atoms with E-state index in [0.29, 0.717) is 10.7 Å². The standard InChI is InChI=1S/C7H4ClNS.C2H3N/c8-6-3-1-2-4-7(6)9-5-10;1-2-3/h1-4H;1H3. The van der Waals surface area contributed by atoms with Crippen LogP contribution in [0.1, 0.15) is 6.92 Å². The minimum absolute atomic E-state index is 0.597. The lowest BCUT2D eigenvalue weighted by Crippen LogP contribution is -1.64. The molecule has 0 N–H and O–H groups in total. The lowest BCUT2D eigenvalue weighted by atomic mass is 10.3. The summed E-state index contributed by atoms with van der Waals surface area (Å²) in [6.45, 7) is 1.43. The van der Waals surface area contributed by atoms with Crippen LogP contribution in [0.2, 0.25) is 5.02 Å². The molecule has 13 heavy (non-hydrogen) atoms. The summed E-state index contributed by atoms with van der Waals surface area (Å²) in [7, 11) is 0. The van der Waals surface area contributed by atoms with Crippen LogP contribution in [0.25, 0.3) is 0 Å². The summed E-state index contributed by atoms with van der Waals surface area (Å²) in [5.41, 5.74) is 0.666. The number of nitrogens with zero attached hydrogens (tertiary/aromatic N) is 2. The first-order chi connectivity index (χ1) is 6.26. The van der Waals surface area contributed by atoms with Crippen molar-refractivity contribution < 1.29 is 0 Å². The highest BCUT2D eigenvalue weighted by molar-refractivity contribution is 7.78. The van der Waals surface area contributed by atoms with Gasteiger partial charge in [0.2, 0.25) is 0 Å². The Bertz CT molecular complexity index is 351. The van der Waals surface area contributed by atoms with Crippen molar-refractivity contribution >= 4 is 34.7 Å². The van der Waals surface area contributed by atoms with Crippen LogP contribution in [-0.4, -0.2) is 5.16 Å². The van der Waals surface area contributed by atoms with Crippen molar-refractivity contribution in [1.82, 2.24) is 0 Å². The molecule has 0 aliphatic carbocycles. The summed E-state index contributed by atoms with van der Waals surface area (Å²) >= 11 is 10.1. The van der Waals surface area contributed by atoms with Crippen LogP contribution < -0.4 is 0 Å². The van der Waals surface area contributed by atoms with Gasteiger partial charge in [-0.2, -0.15) is 10.3 Å². The highest BCUT2D eigenvalue weighted by Gasteiger charge is 1.92. The molecular formula is C9H7ClN2S. The van der Waals surface area contributed by atoms with E-state index in [4.69, 9.17) is 16.9 Å². The van der Waals surface area contributed by atoms with Crippen molar-refractivity contribution in [2.75, 3.05) is 0 Å². The monoisotopic (exact) mass is 210 g/mol. The third-order valence-electron chi connectivity index (χ3n) is 1.02. The van der Waals surface area contributed by atoms with E-state index in [1.54, 1.807) is 18.2 Å². The molecule has 0 saturated heterocycles. The van der Waals surface area contributed by atoms with Gasteiger partial charge < -0.3 is 0 Å². The maximum absolute atomic E-state index is 7.32. The molecule has 0 spiro atoms. The van der Waals surface area contributed by atoms with Crippen LogP contribution in [0.4, 0.5) is 5.69 Å². The van der Waals surface area contributed by atoms with Gasteiger partial charge in [0.05, 0.1) is 21.9 Å². The first kappa shape index (κ1) is 11.8. The smallest absolute Gasteiger partial charge is 0.0925 e. The first-order valence-corrected chi connectivity index (χ1v) is 4.18. The second-order valence-corrected chi connectivity index (χ2v) is 2.47. The summed E-state index contributed by atoms with van der Waals surface area (Å²) in [5, 5.41) is 10.2. The number of para-hydroxylation sites is 1. The van der Waals surface area contributed by atoms with Gasteiger partial charge in [0.15, 0.2) is 0 Å². The Labute approximate surface area is 87.5 Å². The van der Waals surface area contributed by atoms with E-state index >= 15 is 0 Å². The molecule has 0 bridgehead atoms. The van der Waals surface area contributed by atoms with Crippen molar-refractivity contribution in [3.63, 3.8) is 0 Å². The van der Waals surface area contributed by atoms with Gasteiger partial charge in [-0.15, -0.1) is 0 Å². The molecule has 4 heteroatoms. The van der Waals surface area contributed by atoms with Crippen molar-refractivity contribution in [2.24, 2.45) is 4.99 Å². The van der Waals surface area contributed by atoms with Crippen LogP contribution in [0, 0.1) is 11.3 Å². The van der Waals surface area contributed by atoms with Crippen LogP contribution in [0.15, 0.2) is 29.3 Å². The zero-order chi connectivity index (χ0) is 10.1. The van der Waals surface area contributed by atoms with Crippen molar-refractivity contribution in [3.05, 3.63) is 29.3 Å². The second-order valence-electron chi connectivity index (χ2n) is 1.88. The number of rotatable bonds is 1. The molecule has 0 radical (unpaired) electrons. The number of isothiocyanates is 1. The maximum atomic E-state index is 7.32. The molecule has 0 amide bonds. The summed E-state index contributed by atoms with van der Waals surface area (Å²) in [5.74, 6) is 0. The van der Waals surface area contributed by atoms with E-state index in [9.17, 15) is 0 Å². The molecule has 0 aromatic heterocycles. The predicted octanol–water partition coefficient (Wildman–Crippen LogP) is 3.60. The number of thiocarbonyl (C=S) groups is 1. The molecule has 0 heterocycles. The number of hydrogen-bond donors (Lipinski definition) is 0.